The van der Waals surface area contributed by atoms with Crippen molar-refractivity contribution >= 4 is 5.91 Å². The molecule has 5 rings (SSSR count). The number of hydrogen-bond donors (Lipinski definition) is 0. The molecule has 0 bridgehead atoms. The summed E-state index contributed by atoms with van der Waals surface area (Å²) in [6.45, 7) is 3.13. The number of aromatic nitrogens is 3. The molecule has 0 N–H and O–H groups in total. The molecule has 3 aromatic rings. The number of piperidine rings is 1. The molecule has 2 aromatic heterocycles. The van der Waals surface area contributed by atoms with Gasteiger partial charge < -0.3 is 9.42 Å². The van der Waals surface area contributed by atoms with Crippen LogP contribution >= 0.6 is 0 Å². The Hall–Kier alpha value is -3.09. The van der Waals surface area contributed by atoms with Gasteiger partial charge in [0.1, 0.15) is 11.6 Å². The number of halogens is 1. The van der Waals surface area contributed by atoms with E-state index in [1.807, 2.05) is 11.8 Å². The highest BCUT2D eigenvalue weighted by molar-refractivity contribution is 5.93. The number of amides is 1. The van der Waals surface area contributed by atoms with Crippen LogP contribution in [0.3, 0.4) is 0 Å². The highest BCUT2D eigenvalue weighted by Crippen LogP contribution is 2.34. The van der Waals surface area contributed by atoms with Crippen LogP contribution in [0.25, 0.3) is 11.1 Å². The number of carbonyl (C=O) groups is 1. The van der Waals surface area contributed by atoms with Crippen LogP contribution < -0.4 is 0 Å². The highest BCUT2D eigenvalue weighted by atomic mass is 19.1. The Labute approximate surface area is 180 Å². The lowest BCUT2D eigenvalue weighted by molar-refractivity contribution is 0.0662. The average molecular weight is 420 g/mol. The van der Waals surface area contributed by atoms with E-state index in [9.17, 15) is 9.18 Å². The zero-order valence-electron chi connectivity index (χ0n) is 17.6. The number of aryl methyl sites for hydroxylation is 2. The highest BCUT2D eigenvalue weighted by Gasteiger charge is 2.32. The molecule has 0 saturated carbocycles. The second kappa shape index (κ2) is 8.21. The lowest BCUT2D eigenvalue weighted by Crippen LogP contribution is -2.39. The van der Waals surface area contributed by atoms with Gasteiger partial charge in [-0.05, 0) is 63.1 Å². The van der Waals surface area contributed by atoms with Crippen LogP contribution in [0, 0.1) is 12.7 Å². The number of fused-ring (bicyclic) bond motifs is 1. The van der Waals surface area contributed by atoms with Gasteiger partial charge in [-0.25, -0.2) is 14.4 Å². The number of benzene rings is 1. The molecular weight excluding hydrogens is 395 g/mol. The third-order valence-electron chi connectivity index (χ3n) is 6.34. The first-order chi connectivity index (χ1) is 15.1. The summed E-state index contributed by atoms with van der Waals surface area (Å²) in [4.78, 5) is 24.3. The number of rotatable bonds is 3. The molecule has 6 nitrogen and oxygen atoms in total. The summed E-state index contributed by atoms with van der Waals surface area (Å²) in [5, 5.41) is 4.15. The Morgan fingerprint density at radius 3 is 2.81 bits per heavy atom. The van der Waals surface area contributed by atoms with Crippen molar-refractivity contribution in [2.45, 2.75) is 51.4 Å². The van der Waals surface area contributed by atoms with Crippen LogP contribution in [0.5, 0.6) is 0 Å². The third-order valence-corrected chi connectivity index (χ3v) is 6.34. The van der Waals surface area contributed by atoms with Crippen LogP contribution in [0.2, 0.25) is 0 Å². The predicted molar refractivity (Wildman–Crippen MR) is 113 cm³/mol. The summed E-state index contributed by atoms with van der Waals surface area (Å²) < 4.78 is 18.9. The summed E-state index contributed by atoms with van der Waals surface area (Å²) >= 11 is 0. The molecule has 1 aliphatic carbocycles. The summed E-state index contributed by atoms with van der Waals surface area (Å²) in [6, 6.07) is 6.39. The Morgan fingerprint density at radius 1 is 1.16 bits per heavy atom. The summed E-state index contributed by atoms with van der Waals surface area (Å²) in [6.07, 6.45) is 7.53. The maximum absolute atomic E-state index is 13.4. The first-order valence-electron chi connectivity index (χ1n) is 11.0. The zero-order chi connectivity index (χ0) is 21.4. The standard InChI is InChI=1S/C24H25FN4O2/c1-15-26-13-20(16-8-10-18(25)11-9-16)22(27-15)17-5-4-12-29(14-17)24(30)23-19-6-2-3-7-21(19)28-31-23/h8-11,13,17H,2-7,12,14H2,1H3. The molecule has 3 heterocycles. The SMILES string of the molecule is Cc1ncc(-c2ccc(F)cc2)c(C2CCCN(C(=O)c3onc4c3CCCC4)C2)n1. The van der Waals surface area contributed by atoms with E-state index in [0.717, 1.165) is 66.6 Å². The third kappa shape index (κ3) is 3.84. The Morgan fingerprint density at radius 2 is 1.97 bits per heavy atom. The van der Waals surface area contributed by atoms with E-state index >= 15 is 0 Å². The monoisotopic (exact) mass is 420 g/mol. The average Bonchev–Trinajstić information content (AvgIpc) is 3.23. The smallest absolute Gasteiger partial charge is 0.292 e. The minimum Gasteiger partial charge on any atom is -0.350 e. The molecule has 31 heavy (non-hydrogen) atoms. The van der Waals surface area contributed by atoms with E-state index in [2.05, 4.69) is 10.1 Å². The molecule has 160 valence electrons. The fourth-order valence-electron chi connectivity index (χ4n) is 4.74. The fourth-order valence-corrected chi connectivity index (χ4v) is 4.74. The molecule has 1 fully saturated rings. The maximum Gasteiger partial charge on any atom is 0.292 e. The van der Waals surface area contributed by atoms with E-state index in [-0.39, 0.29) is 17.6 Å². The van der Waals surface area contributed by atoms with Crippen molar-refractivity contribution in [2.75, 3.05) is 13.1 Å². The molecule has 1 saturated heterocycles. The lowest BCUT2D eigenvalue weighted by Gasteiger charge is -2.33. The molecule has 2 aliphatic rings. The predicted octanol–water partition coefficient (Wildman–Crippen LogP) is 4.48. The largest absolute Gasteiger partial charge is 0.350 e. The van der Waals surface area contributed by atoms with Crippen molar-refractivity contribution in [2.24, 2.45) is 0 Å². The van der Waals surface area contributed by atoms with Crippen molar-refractivity contribution in [3.8, 4) is 11.1 Å². The number of hydrogen-bond acceptors (Lipinski definition) is 5. The van der Waals surface area contributed by atoms with Gasteiger partial charge in [0.25, 0.3) is 5.91 Å². The molecule has 7 heteroatoms. The van der Waals surface area contributed by atoms with Gasteiger partial charge in [-0.3, -0.25) is 4.79 Å². The van der Waals surface area contributed by atoms with E-state index in [4.69, 9.17) is 9.51 Å². The lowest BCUT2D eigenvalue weighted by atomic mass is 9.89. The van der Waals surface area contributed by atoms with E-state index in [0.29, 0.717) is 24.7 Å². The Kier molecular flexibility index (Phi) is 5.26. The molecule has 0 radical (unpaired) electrons. The minimum absolute atomic E-state index is 0.0746. The van der Waals surface area contributed by atoms with E-state index < -0.39 is 0 Å². The van der Waals surface area contributed by atoms with Gasteiger partial charge in [0.2, 0.25) is 5.76 Å². The molecule has 1 aromatic carbocycles. The van der Waals surface area contributed by atoms with Crippen molar-refractivity contribution in [3.63, 3.8) is 0 Å². The van der Waals surface area contributed by atoms with Gasteiger partial charge in [-0.1, -0.05) is 17.3 Å². The summed E-state index contributed by atoms with van der Waals surface area (Å²) in [7, 11) is 0. The van der Waals surface area contributed by atoms with Crippen LogP contribution in [0.1, 0.15) is 64.9 Å². The first-order valence-corrected chi connectivity index (χ1v) is 11.0. The molecule has 1 amide bonds. The number of nitrogens with zero attached hydrogens (tertiary/aromatic N) is 4. The molecule has 1 atom stereocenters. The van der Waals surface area contributed by atoms with Gasteiger partial charge in [0.15, 0.2) is 0 Å². The quantitative estimate of drug-likeness (QED) is 0.625. The molecule has 0 spiro atoms. The van der Waals surface area contributed by atoms with Crippen molar-refractivity contribution in [1.82, 2.24) is 20.0 Å². The maximum atomic E-state index is 13.4. The summed E-state index contributed by atoms with van der Waals surface area (Å²) in [5.41, 5.74) is 4.61. The normalized spacial score (nSPS) is 18.6. The molecule has 1 unspecified atom stereocenters. The first kappa shape index (κ1) is 19.8. The fraction of sp³-hybridized carbons (Fsp3) is 0.417. The van der Waals surface area contributed by atoms with E-state index in [1.165, 1.54) is 12.1 Å². The topological polar surface area (TPSA) is 72.1 Å². The van der Waals surface area contributed by atoms with Gasteiger partial charge in [0.05, 0.1) is 11.4 Å². The van der Waals surface area contributed by atoms with E-state index in [1.54, 1.807) is 18.3 Å². The second-order valence-corrected chi connectivity index (χ2v) is 8.46. The Balaban J connectivity index is 1.43. The van der Waals surface area contributed by atoms with Crippen molar-refractivity contribution in [1.29, 1.82) is 0 Å². The number of carbonyl (C=O) groups excluding carboxylic acids is 1. The molecular formula is C24H25FN4O2. The second-order valence-electron chi connectivity index (χ2n) is 8.46. The number of likely N-dealkylation sites (tertiary alicyclic amines) is 1. The summed E-state index contributed by atoms with van der Waals surface area (Å²) in [5.74, 6) is 0.831. The van der Waals surface area contributed by atoms with Crippen LogP contribution in [-0.2, 0) is 12.8 Å². The van der Waals surface area contributed by atoms with Gasteiger partial charge in [0, 0.05) is 36.3 Å². The van der Waals surface area contributed by atoms with Gasteiger partial charge in [-0.2, -0.15) is 0 Å². The van der Waals surface area contributed by atoms with Crippen LogP contribution in [-0.4, -0.2) is 39.0 Å². The Bertz CT molecular complexity index is 1110. The zero-order valence-corrected chi connectivity index (χ0v) is 17.6. The minimum atomic E-state index is -0.275. The molecule has 1 aliphatic heterocycles. The van der Waals surface area contributed by atoms with Gasteiger partial charge in [-0.15, -0.1) is 0 Å². The van der Waals surface area contributed by atoms with Crippen molar-refractivity contribution in [3.05, 3.63) is 64.8 Å². The van der Waals surface area contributed by atoms with Crippen LogP contribution in [0.4, 0.5) is 4.39 Å². The van der Waals surface area contributed by atoms with Crippen LogP contribution in [0.15, 0.2) is 35.0 Å². The van der Waals surface area contributed by atoms with Gasteiger partial charge >= 0.3 is 0 Å². The van der Waals surface area contributed by atoms with Crippen molar-refractivity contribution < 1.29 is 13.7 Å².